The molecule has 0 unspecified atom stereocenters. The van der Waals surface area contributed by atoms with Gasteiger partial charge in [-0.1, -0.05) is 0 Å². The van der Waals surface area contributed by atoms with Crippen LogP contribution in [-0.2, 0) is 10.0 Å². The number of carbonyl (C=O) groups is 1. The number of hydrogen-bond acceptors (Lipinski definition) is 5. The van der Waals surface area contributed by atoms with Crippen LogP contribution in [0.15, 0.2) is 27.8 Å². The summed E-state index contributed by atoms with van der Waals surface area (Å²) in [4.78, 5) is 14.1. The highest BCUT2D eigenvalue weighted by Crippen LogP contribution is 2.18. The highest BCUT2D eigenvalue weighted by Gasteiger charge is 2.16. The summed E-state index contributed by atoms with van der Waals surface area (Å²) in [7, 11) is -3.95. The number of nitrogens with two attached hydrogens (primary N) is 1. The third kappa shape index (κ3) is 1.74. The maximum atomic E-state index is 10.9. The molecule has 1 aromatic carbocycles. The number of benzene rings is 1. The van der Waals surface area contributed by atoms with E-state index in [1.807, 2.05) is 0 Å². The second kappa shape index (κ2) is 3.14. The van der Waals surface area contributed by atoms with Gasteiger partial charge in [-0.15, -0.1) is 0 Å². The summed E-state index contributed by atoms with van der Waals surface area (Å²) in [5, 5.41) is 4.28. The molecule has 78 valence electrons. The smallest absolute Gasteiger partial charge is 0.331 e. The summed E-state index contributed by atoms with van der Waals surface area (Å²) < 4.78 is 26.7. The number of primary sulfonamides is 1. The lowest BCUT2D eigenvalue weighted by molar-refractivity contribution is 0.112. The first-order valence-electron chi connectivity index (χ1n) is 3.89. The van der Waals surface area contributed by atoms with Gasteiger partial charge in [-0.05, 0) is 18.2 Å². The van der Waals surface area contributed by atoms with Gasteiger partial charge in [0.25, 0.3) is 10.0 Å². The van der Waals surface area contributed by atoms with Gasteiger partial charge in [0.1, 0.15) is 11.8 Å². The number of aldehydes is 1. The van der Waals surface area contributed by atoms with E-state index in [4.69, 9.17) is 9.56 Å². The first-order valence-corrected chi connectivity index (χ1v) is 5.44. The van der Waals surface area contributed by atoms with E-state index in [0.29, 0.717) is 17.4 Å². The molecule has 0 saturated carbocycles. The Morgan fingerprint density at radius 3 is 2.73 bits per heavy atom. The van der Waals surface area contributed by atoms with Gasteiger partial charge >= 0.3 is 5.22 Å². The van der Waals surface area contributed by atoms with Crippen LogP contribution in [0.25, 0.3) is 11.1 Å². The number of sulfonamides is 1. The number of carbonyl (C=O) groups excluding carboxylic acids is 1. The molecule has 2 aromatic rings. The Labute approximate surface area is 84.8 Å². The van der Waals surface area contributed by atoms with Crippen molar-refractivity contribution in [2.24, 2.45) is 5.14 Å². The fourth-order valence-electron chi connectivity index (χ4n) is 1.12. The van der Waals surface area contributed by atoms with E-state index in [-0.39, 0.29) is 5.58 Å². The van der Waals surface area contributed by atoms with Crippen molar-refractivity contribution in [3.05, 3.63) is 23.8 Å². The second-order valence-corrected chi connectivity index (χ2v) is 4.31. The number of fused-ring (bicyclic) bond motifs is 1. The Morgan fingerprint density at radius 2 is 2.13 bits per heavy atom. The predicted molar refractivity (Wildman–Crippen MR) is 50.8 cm³/mol. The van der Waals surface area contributed by atoms with E-state index in [1.54, 1.807) is 0 Å². The topological polar surface area (TPSA) is 103 Å². The summed E-state index contributed by atoms with van der Waals surface area (Å²) in [6, 6.07) is 4.38. The van der Waals surface area contributed by atoms with Crippen molar-refractivity contribution in [2.75, 3.05) is 0 Å². The van der Waals surface area contributed by atoms with Gasteiger partial charge < -0.3 is 4.42 Å². The number of hydrogen-bond donors (Lipinski definition) is 1. The van der Waals surface area contributed by atoms with Gasteiger partial charge in [0, 0.05) is 5.56 Å². The Bertz CT molecular complexity index is 629. The Morgan fingerprint density at radius 1 is 1.40 bits per heavy atom. The number of nitrogens with zero attached hydrogens (tertiary/aromatic N) is 1. The Balaban J connectivity index is 2.71. The molecule has 0 saturated heterocycles. The molecule has 7 heteroatoms. The third-order valence-corrected chi connectivity index (χ3v) is 2.43. The molecule has 0 amide bonds. The molecule has 1 aromatic heterocycles. The number of aromatic nitrogens is 1. The van der Waals surface area contributed by atoms with Gasteiger partial charge in [0.15, 0.2) is 5.58 Å². The molecule has 0 radical (unpaired) electrons. The molecule has 0 atom stereocenters. The van der Waals surface area contributed by atoms with Gasteiger partial charge in [-0.2, -0.15) is 4.98 Å². The minimum Gasteiger partial charge on any atom is -0.427 e. The zero-order chi connectivity index (χ0) is 11.1. The monoisotopic (exact) mass is 226 g/mol. The van der Waals surface area contributed by atoms with Crippen LogP contribution in [0, 0.1) is 0 Å². The van der Waals surface area contributed by atoms with E-state index >= 15 is 0 Å². The lowest BCUT2D eigenvalue weighted by atomic mass is 10.2. The van der Waals surface area contributed by atoms with Crippen LogP contribution in [0.1, 0.15) is 10.4 Å². The summed E-state index contributed by atoms with van der Waals surface area (Å²) in [6.07, 6.45) is 0.624. The van der Waals surface area contributed by atoms with E-state index in [1.165, 1.54) is 18.2 Å². The summed E-state index contributed by atoms with van der Waals surface area (Å²) in [5.74, 6) is 0. The summed E-state index contributed by atoms with van der Waals surface area (Å²) in [6.45, 7) is 0. The van der Waals surface area contributed by atoms with Crippen molar-refractivity contribution in [3.8, 4) is 0 Å². The molecule has 2 rings (SSSR count). The van der Waals surface area contributed by atoms with E-state index in [9.17, 15) is 13.2 Å². The molecular weight excluding hydrogens is 220 g/mol. The van der Waals surface area contributed by atoms with E-state index < -0.39 is 15.2 Å². The van der Waals surface area contributed by atoms with Gasteiger partial charge in [0.05, 0.1) is 0 Å². The van der Waals surface area contributed by atoms with Crippen molar-refractivity contribution >= 4 is 27.4 Å². The lowest BCUT2D eigenvalue weighted by Gasteiger charge is -1.87. The normalized spacial score (nSPS) is 11.8. The predicted octanol–water partition coefficient (Wildman–Crippen LogP) is 0.288. The fraction of sp³-hybridized carbons (Fsp3) is 0. The maximum absolute atomic E-state index is 10.9. The molecule has 0 spiro atoms. The third-order valence-electron chi connectivity index (χ3n) is 1.77. The van der Waals surface area contributed by atoms with Crippen molar-refractivity contribution in [3.63, 3.8) is 0 Å². The SMILES string of the molecule is NS(=O)(=O)c1nc2ccc(C=O)cc2o1. The molecule has 0 bridgehead atoms. The molecule has 0 aliphatic rings. The quantitative estimate of drug-likeness (QED) is 0.741. The van der Waals surface area contributed by atoms with Crippen molar-refractivity contribution in [2.45, 2.75) is 5.22 Å². The fourth-order valence-corrected chi connectivity index (χ4v) is 1.55. The van der Waals surface area contributed by atoms with Crippen LogP contribution >= 0.6 is 0 Å². The van der Waals surface area contributed by atoms with Crippen molar-refractivity contribution in [1.29, 1.82) is 0 Å². The minimum atomic E-state index is -3.95. The summed E-state index contributed by atoms with van der Waals surface area (Å²) >= 11 is 0. The average Bonchev–Trinajstić information content (AvgIpc) is 2.59. The summed E-state index contributed by atoms with van der Waals surface area (Å²) in [5.41, 5.74) is 0.924. The van der Waals surface area contributed by atoms with E-state index in [2.05, 4.69) is 4.98 Å². The molecule has 0 aliphatic heterocycles. The molecule has 0 fully saturated rings. The second-order valence-electron chi connectivity index (χ2n) is 2.87. The highest BCUT2D eigenvalue weighted by atomic mass is 32.2. The zero-order valence-electron chi connectivity index (χ0n) is 7.38. The zero-order valence-corrected chi connectivity index (χ0v) is 8.19. The van der Waals surface area contributed by atoms with Crippen LogP contribution in [0.2, 0.25) is 0 Å². The first-order chi connectivity index (χ1) is 7.00. The first kappa shape index (κ1) is 9.81. The van der Waals surface area contributed by atoms with Crippen LogP contribution in [0.4, 0.5) is 0 Å². The molecule has 2 N–H and O–H groups in total. The van der Waals surface area contributed by atoms with E-state index in [0.717, 1.165) is 0 Å². The van der Waals surface area contributed by atoms with Crippen LogP contribution in [-0.4, -0.2) is 19.7 Å². The molecule has 1 heterocycles. The standard InChI is InChI=1S/C8H6N2O4S/c9-15(12,13)8-10-6-2-1-5(4-11)3-7(6)14-8/h1-4H,(H2,9,12,13). The molecule has 0 aliphatic carbocycles. The number of rotatable bonds is 2. The minimum absolute atomic E-state index is 0.212. The highest BCUT2D eigenvalue weighted by molar-refractivity contribution is 7.88. The largest absolute Gasteiger partial charge is 0.427 e. The Hall–Kier alpha value is -1.73. The van der Waals surface area contributed by atoms with Crippen LogP contribution in [0.3, 0.4) is 0 Å². The average molecular weight is 226 g/mol. The molecule has 15 heavy (non-hydrogen) atoms. The molecular formula is C8H6N2O4S. The van der Waals surface area contributed by atoms with Gasteiger partial charge in [-0.25, -0.2) is 13.6 Å². The maximum Gasteiger partial charge on any atom is 0.331 e. The van der Waals surface area contributed by atoms with Crippen molar-refractivity contribution < 1.29 is 17.6 Å². The molecule has 6 nitrogen and oxygen atoms in total. The number of oxazole rings is 1. The van der Waals surface area contributed by atoms with Gasteiger partial charge in [-0.3, -0.25) is 4.79 Å². The Kier molecular flexibility index (Phi) is 2.06. The van der Waals surface area contributed by atoms with Crippen LogP contribution < -0.4 is 5.14 Å². The lowest BCUT2D eigenvalue weighted by Crippen LogP contribution is -2.12. The van der Waals surface area contributed by atoms with Gasteiger partial charge in [0.2, 0.25) is 0 Å². The van der Waals surface area contributed by atoms with Crippen molar-refractivity contribution in [1.82, 2.24) is 4.98 Å². The van der Waals surface area contributed by atoms with Crippen LogP contribution in [0.5, 0.6) is 0 Å².